The number of nitrogens with one attached hydrogen (secondary N) is 1. The van der Waals surface area contributed by atoms with Gasteiger partial charge in [-0.05, 0) is 25.0 Å². The molecule has 0 aliphatic heterocycles. The summed E-state index contributed by atoms with van der Waals surface area (Å²) in [6, 6.07) is 3.10. The zero-order valence-electron chi connectivity index (χ0n) is 8.51. The highest BCUT2D eigenvalue weighted by molar-refractivity contribution is 5.72. The molecule has 0 spiro atoms. The molecule has 82 valence electrons. The molecule has 0 bridgehead atoms. The monoisotopic (exact) mass is 210 g/mol. The van der Waals surface area contributed by atoms with E-state index in [1.54, 1.807) is 12.4 Å². The second kappa shape index (κ2) is 6.10. The summed E-state index contributed by atoms with van der Waals surface area (Å²) >= 11 is 0. The van der Waals surface area contributed by atoms with Crippen LogP contribution >= 0.6 is 0 Å². The van der Waals surface area contributed by atoms with Crippen molar-refractivity contribution in [2.75, 3.05) is 6.61 Å². The second-order valence-electron chi connectivity index (χ2n) is 3.14. The molecular formula is C10H14N2O3. The minimum absolute atomic E-state index is 0.420. The number of carbonyl (C=O) groups is 1. The average Bonchev–Trinajstić information content (AvgIpc) is 2.25. The lowest BCUT2D eigenvalue weighted by Gasteiger charge is -2.08. The molecule has 0 fully saturated rings. The number of aromatic nitrogens is 1. The van der Waals surface area contributed by atoms with Crippen LogP contribution in [-0.4, -0.2) is 28.7 Å². The molecule has 0 aromatic carbocycles. The Hall–Kier alpha value is -1.46. The molecule has 0 saturated heterocycles. The third-order valence-electron chi connectivity index (χ3n) is 1.85. The van der Waals surface area contributed by atoms with Gasteiger partial charge in [0.25, 0.3) is 0 Å². The van der Waals surface area contributed by atoms with Crippen molar-refractivity contribution in [1.29, 1.82) is 0 Å². The van der Waals surface area contributed by atoms with E-state index < -0.39 is 12.0 Å². The molecule has 1 rings (SSSR count). The number of rotatable bonds is 6. The summed E-state index contributed by atoms with van der Waals surface area (Å²) in [4.78, 5) is 19.4. The fraction of sp³-hybridized carbons (Fsp3) is 0.400. The SMILES string of the molecule is C[C@H](NOCCc1cccnc1)C(=O)O. The van der Waals surface area contributed by atoms with Crippen LogP contribution in [0.25, 0.3) is 0 Å². The van der Waals surface area contributed by atoms with Crippen LogP contribution in [0.15, 0.2) is 24.5 Å². The van der Waals surface area contributed by atoms with Gasteiger partial charge in [-0.2, -0.15) is 5.48 Å². The van der Waals surface area contributed by atoms with E-state index in [-0.39, 0.29) is 0 Å². The highest BCUT2D eigenvalue weighted by atomic mass is 16.6. The first-order valence-electron chi connectivity index (χ1n) is 4.69. The van der Waals surface area contributed by atoms with Crippen molar-refractivity contribution in [1.82, 2.24) is 10.5 Å². The van der Waals surface area contributed by atoms with E-state index in [2.05, 4.69) is 10.5 Å². The van der Waals surface area contributed by atoms with Gasteiger partial charge in [0.1, 0.15) is 6.04 Å². The van der Waals surface area contributed by atoms with E-state index in [0.717, 1.165) is 5.56 Å². The van der Waals surface area contributed by atoms with Crippen molar-refractivity contribution >= 4 is 5.97 Å². The van der Waals surface area contributed by atoms with Crippen molar-refractivity contribution in [3.63, 3.8) is 0 Å². The Bertz CT molecular complexity index is 303. The summed E-state index contributed by atoms with van der Waals surface area (Å²) in [5.74, 6) is -0.934. The van der Waals surface area contributed by atoms with Crippen molar-refractivity contribution in [3.05, 3.63) is 30.1 Å². The number of hydrogen-bond donors (Lipinski definition) is 2. The summed E-state index contributed by atoms with van der Waals surface area (Å²) in [5.41, 5.74) is 3.49. The molecule has 1 aromatic rings. The van der Waals surface area contributed by atoms with Gasteiger partial charge in [-0.15, -0.1) is 0 Å². The lowest BCUT2D eigenvalue weighted by molar-refractivity contribution is -0.143. The molecule has 0 aliphatic rings. The Labute approximate surface area is 88.0 Å². The molecule has 0 radical (unpaired) electrons. The number of hydroxylamine groups is 1. The van der Waals surface area contributed by atoms with Crippen LogP contribution in [-0.2, 0) is 16.1 Å². The number of carboxylic acids is 1. The van der Waals surface area contributed by atoms with Crippen LogP contribution < -0.4 is 5.48 Å². The van der Waals surface area contributed by atoms with Gasteiger partial charge in [0, 0.05) is 12.4 Å². The molecule has 1 heterocycles. The minimum Gasteiger partial charge on any atom is -0.480 e. The third kappa shape index (κ3) is 4.53. The highest BCUT2D eigenvalue weighted by Crippen LogP contribution is 1.96. The molecule has 0 aliphatic carbocycles. The van der Waals surface area contributed by atoms with Gasteiger partial charge in [-0.25, -0.2) is 0 Å². The summed E-state index contributed by atoms with van der Waals surface area (Å²) in [6.45, 7) is 1.94. The maximum Gasteiger partial charge on any atom is 0.322 e. The first-order chi connectivity index (χ1) is 7.20. The summed E-state index contributed by atoms with van der Waals surface area (Å²) in [7, 11) is 0. The van der Waals surface area contributed by atoms with Crippen molar-refractivity contribution in [2.24, 2.45) is 0 Å². The van der Waals surface area contributed by atoms with Crippen LogP contribution in [0.2, 0.25) is 0 Å². The second-order valence-corrected chi connectivity index (χ2v) is 3.14. The lowest BCUT2D eigenvalue weighted by Crippen LogP contribution is -2.34. The molecule has 5 nitrogen and oxygen atoms in total. The molecule has 0 saturated carbocycles. The smallest absolute Gasteiger partial charge is 0.322 e. The van der Waals surface area contributed by atoms with E-state index in [1.807, 2.05) is 12.1 Å². The van der Waals surface area contributed by atoms with Crippen LogP contribution in [0.1, 0.15) is 12.5 Å². The van der Waals surface area contributed by atoms with Gasteiger partial charge < -0.3 is 9.94 Å². The van der Waals surface area contributed by atoms with E-state index in [4.69, 9.17) is 9.94 Å². The zero-order valence-corrected chi connectivity index (χ0v) is 8.51. The zero-order chi connectivity index (χ0) is 11.1. The average molecular weight is 210 g/mol. The first-order valence-corrected chi connectivity index (χ1v) is 4.69. The van der Waals surface area contributed by atoms with Gasteiger partial charge in [0.05, 0.1) is 6.61 Å². The number of aliphatic carboxylic acids is 1. The predicted octanol–water partition coefficient (Wildman–Crippen LogP) is 0.618. The van der Waals surface area contributed by atoms with Crippen molar-refractivity contribution < 1.29 is 14.7 Å². The maximum atomic E-state index is 10.4. The molecule has 1 aromatic heterocycles. The number of nitrogens with zero attached hydrogens (tertiary/aromatic N) is 1. The highest BCUT2D eigenvalue weighted by Gasteiger charge is 2.09. The van der Waals surface area contributed by atoms with E-state index >= 15 is 0 Å². The Kier molecular flexibility index (Phi) is 4.73. The normalized spacial score (nSPS) is 12.3. The van der Waals surface area contributed by atoms with E-state index in [9.17, 15) is 4.79 Å². The van der Waals surface area contributed by atoms with Gasteiger partial charge in [-0.3, -0.25) is 9.78 Å². The molecule has 2 N–H and O–H groups in total. The van der Waals surface area contributed by atoms with Gasteiger partial charge in [0.15, 0.2) is 0 Å². The first kappa shape index (κ1) is 11.6. The van der Waals surface area contributed by atoms with Gasteiger partial charge in [-0.1, -0.05) is 6.07 Å². The molecule has 5 heteroatoms. The predicted molar refractivity (Wildman–Crippen MR) is 54.1 cm³/mol. The largest absolute Gasteiger partial charge is 0.480 e. The number of carboxylic acid groups (broad SMARTS) is 1. The summed E-state index contributed by atoms with van der Waals surface area (Å²) < 4.78 is 0. The summed E-state index contributed by atoms with van der Waals surface area (Å²) in [6.07, 6.45) is 4.16. The Morgan fingerprint density at radius 1 is 1.73 bits per heavy atom. The van der Waals surface area contributed by atoms with Crippen molar-refractivity contribution in [3.8, 4) is 0 Å². The molecule has 0 amide bonds. The maximum absolute atomic E-state index is 10.4. The summed E-state index contributed by atoms with van der Waals surface area (Å²) in [5, 5.41) is 8.55. The Morgan fingerprint density at radius 2 is 2.53 bits per heavy atom. The lowest BCUT2D eigenvalue weighted by atomic mass is 10.2. The Balaban J connectivity index is 2.15. The van der Waals surface area contributed by atoms with Crippen LogP contribution in [0, 0.1) is 0 Å². The fourth-order valence-electron chi connectivity index (χ4n) is 0.949. The number of hydrogen-bond acceptors (Lipinski definition) is 4. The van der Waals surface area contributed by atoms with Gasteiger partial charge >= 0.3 is 5.97 Å². The quantitative estimate of drug-likeness (QED) is 0.532. The van der Waals surface area contributed by atoms with E-state index in [1.165, 1.54) is 6.92 Å². The third-order valence-corrected chi connectivity index (χ3v) is 1.85. The molecule has 1 atom stereocenters. The molecule has 15 heavy (non-hydrogen) atoms. The molecule has 0 unspecified atom stereocenters. The van der Waals surface area contributed by atoms with Crippen molar-refractivity contribution in [2.45, 2.75) is 19.4 Å². The fourth-order valence-corrected chi connectivity index (χ4v) is 0.949. The van der Waals surface area contributed by atoms with E-state index in [0.29, 0.717) is 13.0 Å². The Morgan fingerprint density at radius 3 is 3.13 bits per heavy atom. The van der Waals surface area contributed by atoms with Crippen LogP contribution in [0.5, 0.6) is 0 Å². The number of pyridine rings is 1. The van der Waals surface area contributed by atoms with Crippen LogP contribution in [0.4, 0.5) is 0 Å². The standard InChI is InChI=1S/C10H14N2O3/c1-8(10(13)14)12-15-6-4-9-3-2-5-11-7-9/h2-3,5,7-8,12H,4,6H2,1H3,(H,13,14)/t8-/m0/s1. The van der Waals surface area contributed by atoms with Crippen LogP contribution in [0.3, 0.4) is 0 Å². The minimum atomic E-state index is -0.934. The van der Waals surface area contributed by atoms with Gasteiger partial charge in [0.2, 0.25) is 0 Å². The topological polar surface area (TPSA) is 71.5 Å². The molecular weight excluding hydrogens is 196 g/mol.